The summed E-state index contributed by atoms with van der Waals surface area (Å²) >= 11 is 0. The second-order valence-corrected chi connectivity index (χ2v) is 4.90. The summed E-state index contributed by atoms with van der Waals surface area (Å²) in [5, 5.41) is 2.61. The van der Waals surface area contributed by atoms with Gasteiger partial charge in [-0.2, -0.15) is 0 Å². The number of hydrogen-bond donors (Lipinski definition) is 1. The Morgan fingerprint density at radius 1 is 1.40 bits per heavy atom. The summed E-state index contributed by atoms with van der Waals surface area (Å²) in [5.74, 6) is 0.913. The van der Waals surface area contributed by atoms with Crippen molar-refractivity contribution in [3.8, 4) is 5.75 Å². The molecule has 1 heterocycles. The molecule has 0 spiro atoms. The summed E-state index contributed by atoms with van der Waals surface area (Å²) in [7, 11) is 1.64. The van der Waals surface area contributed by atoms with E-state index in [0.29, 0.717) is 32.5 Å². The van der Waals surface area contributed by atoms with Gasteiger partial charge in [-0.3, -0.25) is 9.59 Å². The van der Waals surface area contributed by atoms with Gasteiger partial charge in [0.15, 0.2) is 0 Å². The average Bonchev–Trinajstić information content (AvgIpc) is 2.66. The smallest absolute Gasteiger partial charge is 0.220 e. The molecule has 1 N–H and O–H groups in total. The van der Waals surface area contributed by atoms with Gasteiger partial charge in [0, 0.05) is 32.5 Å². The highest BCUT2D eigenvalue weighted by Crippen LogP contribution is 2.25. The summed E-state index contributed by atoms with van der Waals surface area (Å²) in [6.45, 7) is 3.26. The number of nitrogens with zero attached hydrogens (tertiary/aromatic N) is 1. The minimum absolute atomic E-state index is 0.0292. The lowest BCUT2D eigenvalue weighted by Crippen LogP contribution is -2.30. The van der Waals surface area contributed by atoms with Crippen molar-refractivity contribution in [3.63, 3.8) is 0 Å². The van der Waals surface area contributed by atoms with Crippen LogP contribution in [0.1, 0.15) is 24.5 Å². The monoisotopic (exact) mass is 276 g/mol. The van der Waals surface area contributed by atoms with Crippen LogP contribution < -0.4 is 10.1 Å². The highest BCUT2D eigenvalue weighted by atomic mass is 16.5. The molecule has 2 amide bonds. The Morgan fingerprint density at radius 3 is 2.90 bits per heavy atom. The number of benzene rings is 1. The van der Waals surface area contributed by atoms with Gasteiger partial charge >= 0.3 is 0 Å². The van der Waals surface area contributed by atoms with Crippen molar-refractivity contribution in [1.29, 1.82) is 0 Å². The number of aryl methyl sites for hydroxylation is 1. The van der Waals surface area contributed by atoms with Gasteiger partial charge in [0.25, 0.3) is 0 Å². The number of carbonyl (C=O) groups is 2. The molecule has 5 heteroatoms. The normalized spacial score (nSPS) is 14.0. The standard InChI is InChI=1S/C15H20N2O3/c1-11(18)17-7-8-20-14-5-3-12(9-13(14)10-17)4-6-15(19)16-2/h3,5,9H,4,6-8,10H2,1-2H3,(H,16,19). The summed E-state index contributed by atoms with van der Waals surface area (Å²) in [6, 6.07) is 5.93. The zero-order chi connectivity index (χ0) is 14.5. The molecule has 5 nitrogen and oxygen atoms in total. The molecular weight excluding hydrogens is 256 g/mol. The van der Waals surface area contributed by atoms with Crippen LogP contribution in [0.2, 0.25) is 0 Å². The summed E-state index contributed by atoms with van der Waals surface area (Å²) in [4.78, 5) is 24.6. The molecule has 0 aromatic heterocycles. The number of fused-ring (bicyclic) bond motifs is 1. The molecule has 0 atom stereocenters. The van der Waals surface area contributed by atoms with E-state index in [0.717, 1.165) is 16.9 Å². The first-order valence-electron chi connectivity index (χ1n) is 6.81. The lowest BCUT2D eigenvalue weighted by atomic mass is 10.0. The topological polar surface area (TPSA) is 58.6 Å². The summed E-state index contributed by atoms with van der Waals surface area (Å²) < 4.78 is 5.66. The Kier molecular flexibility index (Phi) is 4.61. The Balaban J connectivity index is 2.12. The van der Waals surface area contributed by atoms with E-state index in [1.807, 2.05) is 18.2 Å². The van der Waals surface area contributed by atoms with E-state index in [4.69, 9.17) is 4.74 Å². The van der Waals surface area contributed by atoms with Crippen molar-refractivity contribution in [2.24, 2.45) is 0 Å². The van der Waals surface area contributed by atoms with Gasteiger partial charge in [-0.1, -0.05) is 12.1 Å². The van der Waals surface area contributed by atoms with Crippen LogP contribution >= 0.6 is 0 Å². The van der Waals surface area contributed by atoms with Crippen LogP contribution in [0.15, 0.2) is 18.2 Å². The molecular formula is C15H20N2O3. The predicted molar refractivity (Wildman–Crippen MR) is 75.4 cm³/mol. The fourth-order valence-corrected chi connectivity index (χ4v) is 2.25. The van der Waals surface area contributed by atoms with Gasteiger partial charge in [0.05, 0.1) is 6.54 Å². The van der Waals surface area contributed by atoms with Crippen LogP contribution in [-0.4, -0.2) is 36.9 Å². The second-order valence-electron chi connectivity index (χ2n) is 4.90. The number of amides is 2. The fourth-order valence-electron chi connectivity index (χ4n) is 2.25. The Morgan fingerprint density at radius 2 is 2.20 bits per heavy atom. The maximum atomic E-state index is 11.5. The van der Waals surface area contributed by atoms with Gasteiger partial charge in [-0.25, -0.2) is 0 Å². The van der Waals surface area contributed by atoms with Gasteiger partial charge in [0.1, 0.15) is 12.4 Å². The molecule has 1 aromatic carbocycles. The maximum absolute atomic E-state index is 11.5. The highest BCUT2D eigenvalue weighted by molar-refractivity contribution is 5.75. The molecule has 1 aromatic rings. The number of ether oxygens (including phenoxy) is 1. The number of hydrogen-bond acceptors (Lipinski definition) is 3. The second kappa shape index (κ2) is 6.41. The first kappa shape index (κ1) is 14.4. The van der Waals surface area contributed by atoms with Crippen molar-refractivity contribution >= 4 is 11.8 Å². The lowest BCUT2D eigenvalue weighted by molar-refractivity contribution is -0.129. The van der Waals surface area contributed by atoms with Crippen molar-refractivity contribution in [1.82, 2.24) is 10.2 Å². The van der Waals surface area contributed by atoms with Crippen LogP contribution in [0.3, 0.4) is 0 Å². The zero-order valence-electron chi connectivity index (χ0n) is 11.9. The van der Waals surface area contributed by atoms with Crippen LogP contribution in [0, 0.1) is 0 Å². The van der Waals surface area contributed by atoms with Crippen LogP contribution in [-0.2, 0) is 22.6 Å². The van der Waals surface area contributed by atoms with Crippen molar-refractivity contribution < 1.29 is 14.3 Å². The van der Waals surface area contributed by atoms with E-state index in [1.54, 1.807) is 18.9 Å². The van der Waals surface area contributed by atoms with E-state index in [1.165, 1.54) is 0 Å². The van der Waals surface area contributed by atoms with E-state index in [2.05, 4.69) is 5.32 Å². The zero-order valence-corrected chi connectivity index (χ0v) is 11.9. The van der Waals surface area contributed by atoms with Gasteiger partial charge in [0.2, 0.25) is 11.8 Å². The third kappa shape index (κ3) is 3.50. The third-order valence-corrected chi connectivity index (χ3v) is 3.47. The van der Waals surface area contributed by atoms with E-state index < -0.39 is 0 Å². The van der Waals surface area contributed by atoms with Crippen LogP contribution in [0.4, 0.5) is 0 Å². The Labute approximate surface area is 118 Å². The Bertz CT molecular complexity index is 514. The van der Waals surface area contributed by atoms with Crippen molar-refractivity contribution in [3.05, 3.63) is 29.3 Å². The molecule has 0 fully saturated rings. The van der Waals surface area contributed by atoms with E-state index in [9.17, 15) is 9.59 Å². The highest BCUT2D eigenvalue weighted by Gasteiger charge is 2.17. The van der Waals surface area contributed by atoms with Gasteiger partial charge < -0.3 is 15.0 Å². The molecule has 1 aliphatic rings. The minimum atomic E-state index is 0.0292. The first-order chi connectivity index (χ1) is 9.60. The molecule has 0 radical (unpaired) electrons. The van der Waals surface area contributed by atoms with E-state index in [-0.39, 0.29) is 11.8 Å². The molecule has 0 saturated carbocycles. The predicted octanol–water partition coefficient (Wildman–Crippen LogP) is 1.11. The van der Waals surface area contributed by atoms with E-state index >= 15 is 0 Å². The number of carbonyl (C=O) groups excluding carboxylic acids is 2. The number of rotatable bonds is 3. The minimum Gasteiger partial charge on any atom is -0.491 e. The van der Waals surface area contributed by atoms with Crippen LogP contribution in [0.25, 0.3) is 0 Å². The van der Waals surface area contributed by atoms with Crippen LogP contribution in [0.5, 0.6) is 5.75 Å². The largest absolute Gasteiger partial charge is 0.491 e. The molecule has 0 aliphatic carbocycles. The average molecular weight is 276 g/mol. The molecule has 0 bridgehead atoms. The molecule has 0 saturated heterocycles. The molecule has 1 aliphatic heterocycles. The summed E-state index contributed by atoms with van der Waals surface area (Å²) in [5.41, 5.74) is 2.09. The van der Waals surface area contributed by atoms with Crippen molar-refractivity contribution in [2.75, 3.05) is 20.2 Å². The molecule has 0 unspecified atom stereocenters. The van der Waals surface area contributed by atoms with Gasteiger partial charge in [-0.05, 0) is 18.1 Å². The maximum Gasteiger partial charge on any atom is 0.220 e. The number of nitrogens with one attached hydrogen (secondary N) is 1. The fraction of sp³-hybridized carbons (Fsp3) is 0.467. The van der Waals surface area contributed by atoms with Gasteiger partial charge in [-0.15, -0.1) is 0 Å². The Hall–Kier alpha value is -2.04. The SMILES string of the molecule is CNC(=O)CCc1ccc2c(c1)CN(C(C)=O)CCO2. The lowest BCUT2D eigenvalue weighted by Gasteiger charge is -2.17. The summed E-state index contributed by atoms with van der Waals surface area (Å²) in [6.07, 6.45) is 1.15. The quantitative estimate of drug-likeness (QED) is 0.899. The first-order valence-corrected chi connectivity index (χ1v) is 6.81. The molecule has 20 heavy (non-hydrogen) atoms. The molecule has 2 rings (SSSR count). The molecule has 108 valence electrons. The third-order valence-electron chi connectivity index (χ3n) is 3.47. The van der Waals surface area contributed by atoms with Crippen molar-refractivity contribution in [2.45, 2.75) is 26.3 Å².